The number of aryl methyl sites for hydroxylation is 1. The van der Waals surface area contributed by atoms with Gasteiger partial charge in [-0.1, -0.05) is 82.3 Å². The third-order valence-corrected chi connectivity index (χ3v) is 3.31. The molecule has 28 heavy (non-hydrogen) atoms. The molecule has 7 N–H and O–H groups in total. The van der Waals surface area contributed by atoms with E-state index in [1.165, 1.54) is 11.3 Å². The molecule has 0 bridgehead atoms. The van der Waals surface area contributed by atoms with Gasteiger partial charge in [-0.25, -0.2) is 0 Å². The molecular formula is C24H39N4. The summed E-state index contributed by atoms with van der Waals surface area (Å²) >= 11 is 0. The number of nitrogens with zero attached hydrogens (tertiary/aromatic N) is 1. The van der Waals surface area contributed by atoms with E-state index in [1.54, 1.807) is 6.92 Å². The number of rotatable bonds is 4. The van der Waals surface area contributed by atoms with E-state index in [2.05, 4.69) is 36.2 Å². The quantitative estimate of drug-likeness (QED) is 0.486. The van der Waals surface area contributed by atoms with Crippen LogP contribution in [0.3, 0.4) is 0 Å². The maximum Gasteiger partial charge on any atom is 0.0447 e. The monoisotopic (exact) mass is 383 g/mol. The van der Waals surface area contributed by atoms with Crippen LogP contribution in [0.5, 0.6) is 0 Å². The lowest BCUT2D eigenvalue weighted by atomic mass is 10.0. The van der Waals surface area contributed by atoms with E-state index < -0.39 is 0 Å². The van der Waals surface area contributed by atoms with Crippen LogP contribution in [0, 0.1) is 18.8 Å². The lowest BCUT2D eigenvalue weighted by molar-refractivity contribution is 1.05. The Morgan fingerprint density at radius 1 is 0.929 bits per heavy atom. The van der Waals surface area contributed by atoms with Gasteiger partial charge in [0.15, 0.2) is 0 Å². The minimum atomic E-state index is 0. The predicted octanol–water partition coefficient (Wildman–Crippen LogP) is 7.19. The molecule has 4 heteroatoms. The predicted molar refractivity (Wildman–Crippen MR) is 127 cm³/mol. The summed E-state index contributed by atoms with van der Waals surface area (Å²) in [6, 6.07) is 15.9. The average molecular weight is 384 g/mol. The Hall–Kier alpha value is -2.56. The smallest absolute Gasteiger partial charge is 0.0447 e. The van der Waals surface area contributed by atoms with E-state index in [-0.39, 0.29) is 12.3 Å². The maximum absolute atomic E-state index is 7.34. The van der Waals surface area contributed by atoms with E-state index in [9.17, 15) is 0 Å². The summed E-state index contributed by atoms with van der Waals surface area (Å²) in [7, 11) is 0. The Balaban J connectivity index is -0.000000357. The van der Waals surface area contributed by atoms with Crippen LogP contribution in [-0.4, -0.2) is 10.7 Å². The van der Waals surface area contributed by atoms with Crippen molar-refractivity contribution in [3.05, 3.63) is 90.1 Å². The highest BCUT2D eigenvalue weighted by Gasteiger charge is 2.08. The summed E-state index contributed by atoms with van der Waals surface area (Å²) < 4.78 is 0. The second-order valence-electron chi connectivity index (χ2n) is 5.32. The van der Waals surface area contributed by atoms with Crippen molar-refractivity contribution in [2.24, 2.45) is 0 Å². The van der Waals surface area contributed by atoms with E-state index >= 15 is 0 Å². The van der Waals surface area contributed by atoms with Crippen LogP contribution >= 0.6 is 0 Å². The van der Waals surface area contributed by atoms with Crippen molar-refractivity contribution in [2.75, 3.05) is 0 Å². The zero-order valence-corrected chi connectivity index (χ0v) is 18.5. The Morgan fingerprint density at radius 3 is 1.89 bits per heavy atom. The molecule has 1 heterocycles. The highest BCUT2D eigenvalue weighted by molar-refractivity contribution is 6.20. The second kappa shape index (κ2) is 17.8. The molecule has 2 aromatic rings. The highest BCUT2D eigenvalue weighted by atomic mass is 14.7. The van der Waals surface area contributed by atoms with Crippen molar-refractivity contribution in [1.82, 2.24) is 17.3 Å². The van der Waals surface area contributed by atoms with Gasteiger partial charge < -0.3 is 17.7 Å². The number of hydrogen-bond acceptors (Lipinski definition) is 4. The molecule has 0 aliphatic heterocycles. The molecule has 0 saturated heterocycles. The first-order valence-electron chi connectivity index (χ1n) is 9.32. The number of allylic oxidation sites excluding steroid dienone is 3. The van der Waals surface area contributed by atoms with Crippen molar-refractivity contribution in [3.63, 3.8) is 0 Å². The van der Waals surface area contributed by atoms with Crippen LogP contribution in [0.1, 0.15) is 51.6 Å². The molecule has 1 aliphatic carbocycles. The fraction of sp³-hybridized carbons (Fsp3) is 0.292. The molecule has 1 aliphatic rings. The summed E-state index contributed by atoms with van der Waals surface area (Å²) in [5.41, 5.74) is 6.03. The van der Waals surface area contributed by atoms with Crippen LogP contribution in [0.15, 0.2) is 66.8 Å². The topological polar surface area (TPSA) is 107 Å². The first-order valence-corrected chi connectivity index (χ1v) is 9.32. The number of hydrogen-bond donors (Lipinski definition) is 3. The molecule has 0 fully saturated rings. The fourth-order valence-corrected chi connectivity index (χ4v) is 1.94. The summed E-state index contributed by atoms with van der Waals surface area (Å²) in [4.78, 5) is 4.39. The normalized spacial score (nSPS) is 9.71. The molecule has 3 rings (SSSR count). The molecule has 155 valence electrons. The molecule has 4 nitrogen and oxygen atoms in total. The molecule has 0 atom stereocenters. The van der Waals surface area contributed by atoms with Gasteiger partial charge in [-0.3, -0.25) is 4.98 Å². The van der Waals surface area contributed by atoms with Crippen molar-refractivity contribution in [3.8, 4) is 0 Å². The Kier molecular flexibility index (Phi) is 19.2. The van der Waals surface area contributed by atoms with Gasteiger partial charge in [-0.2, -0.15) is 0 Å². The Labute approximate surface area is 172 Å². The molecule has 0 amide bonds. The van der Waals surface area contributed by atoms with Gasteiger partial charge in [-0.15, -0.1) is 0 Å². The summed E-state index contributed by atoms with van der Waals surface area (Å²) in [5, 5.41) is 7.34. The van der Waals surface area contributed by atoms with Gasteiger partial charge in [-0.05, 0) is 37.1 Å². The van der Waals surface area contributed by atoms with Gasteiger partial charge in [0.05, 0.1) is 0 Å². The standard InChI is InChI=1S/C10H10N.C10H11N.2C2H6.2H3N/c1-8-3-2-4-10(11-8)7-9-5-6-9;1-8(9(2)11)10-6-4-3-5-7-10;2*1-2;;/h2-6H,7H2,1H3;3-7,11H,1H2,2H3;2*1-2H3;2*1H3. The number of aromatic nitrogens is 1. The second-order valence-corrected chi connectivity index (χ2v) is 5.32. The van der Waals surface area contributed by atoms with E-state index in [0.29, 0.717) is 5.71 Å². The minimum Gasteiger partial charge on any atom is -0.344 e. The first-order chi connectivity index (χ1) is 12.6. The number of benzene rings is 1. The van der Waals surface area contributed by atoms with Crippen molar-refractivity contribution >= 4 is 11.3 Å². The Bertz CT molecular complexity index is 704. The first kappa shape index (κ1) is 30.2. The molecule has 1 aromatic carbocycles. The van der Waals surface area contributed by atoms with Crippen LogP contribution in [0.2, 0.25) is 0 Å². The SMILES string of the molecule is C=C(C(C)=N)c1ccccc1.CC.CC.Cc1cccc(CC2=C[CH]2)n1.N.N. The molecular weight excluding hydrogens is 344 g/mol. The van der Waals surface area contributed by atoms with E-state index in [0.717, 1.165) is 23.3 Å². The van der Waals surface area contributed by atoms with E-state index in [4.69, 9.17) is 5.41 Å². The minimum absolute atomic E-state index is 0. The summed E-state index contributed by atoms with van der Waals surface area (Å²) in [6.07, 6.45) is 5.26. The largest absolute Gasteiger partial charge is 0.344 e. The van der Waals surface area contributed by atoms with Gasteiger partial charge in [0.2, 0.25) is 0 Å². The molecule has 0 spiro atoms. The lowest BCUT2D eigenvalue weighted by Gasteiger charge is -2.01. The summed E-state index contributed by atoms with van der Waals surface area (Å²) in [6.45, 7) is 15.6. The van der Waals surface area contributed by atoms with Gasteiger partial charge in [0.25, 0.3) is 0 Å². The molecule has 1 aromatic heterocycles. The van der Waals surface area contributed by atoms with Crippen LogP contribution in [0.25, 0.3) is 5.57 Å². The lowest BCUT2D eigenvalue weighted by Crippen LogP contribution is -1.91. The van der Waals surface area contributed by atoms with Gasteiger partial charge >= 0.3 is 0 Å². The summed E-state index contributed by atoms with van der Waals surface area (Å²) in [5.74, 6) is 0. The molecule has 0 saturated carbocycles. The highest BCUT2D eigenvalue weighted by Crippen LogP contribution is 2.20. The third-order valence-electron chi connectivity index (χ3n) is 3.31. The van der Waals surface area contributed by atoms with Crippen molar-refractivity contribution < 1.29 is 0 Å². The van der Waals surface area contributed by atoms with Gasteiger partial charge in [0, 0.05) is 29.9 Å². The van der Waals surface area contributed by atoms with Crippen LogP contribution < -0.4 is 12.3 Å². The van der Waals surface area contributed by atoms with Crippen molar-refractivity contribution in [2.45, 2.75) is 48.0 Å². The fourth-order valence-electron chi connectivity index (χ4n) is 1.94. The molecule has 0 unspecified atom stereocenters. The van der Waals surface area contributed by atoms with Crippen molar-refractivity contribution in [1.29, 1.82) is 5.41 Å². The van der Waals surface area contributed by atoms with Gasteiger partial charge in [0.1, 0.15) is 0 Å². The van der Waals surface area contributed by atoms with Crippen LogP contribution in [-0.2, 0) is 6.42 Å². The zero-order chi connectivity index (χ0) is 19.9. The van der Waals surface area contributed by atoms with Crippen LogP contribution in [0.4, 0.5) is 0 Å². The third kappa shape index (κ3) is 12.7. The number of pyridine rings is 1. The average Bonchev–Trinajstić information content (AvgIpc) is 3.49. The van der Waals surface area contributed by atoms with E-state index in [1.807, 2.05) is 71.0 Å². The Morgan fingerprint density at radius 2 is 1.46 bits per heavy atom. The zero-order valence-electron chi connectivity index (χ0n) is 18.5. The number of nitrogens with one attached hydrogen (secondary N) is 1. The maximum atomic E-state index is 7.34. The molecule has 1 radical (unpaired) electrons.